The fraction of sp³-hybridized carbons (Fsp3) is 0.300. The minimum atomic E-state index is 0.206. The van der Waals surface area contributed by atoms with Gasteiger partial charge in [0.1, 0.15) is 0 Å². The molecule has 2 nitrogen and oxygen atoms in total. The average molecular weight is 807 g/mol. The highest BCUT2D eigenvalue weighted by Crippen LogP contribution is 2.51. The van der Waals surface area contributed by atoms with Gasteiger partial charge in [0, 0.05) is 33.5 Å². The predicted molar refractivity (Wildman–Crippen MR) is 265 cm³/mol. The van der Waals surface area contributed by atoms with Crippen molar-refractivity contribution in [2.24, 2.45) is 0 Å². The second-order valence-corrected chi connectivity index (χ2v) is 20.7. The van der Waals surface area contributed by atoms with Crippen molar-refractivity contribution >= 4 is 66.4 Å². The molecule has 308 valence electrons. The molecule has 0 N–H and O–H groups in total. The molecule has 0 amide bonds. The first-order valence-corrected chi connectivity index (χ1v) is 23.5. The standard InChI is InChI=1S/C60H58N2/c1-37-13-21-49-51-36-58(62(46-18-16-40-10-8-12-42(40)32-46)48-20-24-56-44(34-48)26-28-60(56,5)6)54-30-38(2)14-22-50(54)52(51)35-57(53(49)29-37)61(45-17-15-39-9-7-11-41(39)31-45)47-19-23-55-43(33-47)25-27-59(55,3)4/h13-24,29-36H,7-12,25-28H2,1-6H3. The van der Waals surface area contributed by atoms with E-state index in [2.05, 4.69) is 173 Å². The van der Waals surface area contributed by atoms with Gasteiger partial charge in [0.15, 0.2) is 0 Å². The molecule has 2 heteroatoms. The number of benzene rings is 8. The van der Waals surface area contributed by atoms with Crippen LogP contribution in [0.2, 0.25) is 0 Å². The second-order valence-electron chi connectivity index (χ2n) is 20.7. The van der Waals surface area contributed by atoms with Crippen molar-refractivity contribution in [2.45, 2.75) is 117 Å². The Hall–Kier alpha value is -5.86. The number of hydrogen-bond donors (Lipinski definition) is 0. The van der Waals surface area contributed by atoms with Gasteiger partial charge in [-0.2, -0.15) is 0 Å². The summed E-state index contributed by atoms with van der Waals surface area (Å²) in [5.41, 5.74) is 22.5. The molecule has 0 heterocycles. The van der Waals surface area contributed by atoms with E-state index in [1.165, 1.54) is 161 Å². The summed E-state index contributed by atoms with van der Waals surface area (Å²) in [7, 11) is 0. The van der Waals surface area contributed by atoms with Crippen LogP contribution in [-0.4, -0.2) is 0 Å². The molecule has 0 radical (unpaired) electrons. The molecule has 62 heavy (non-hydrogen) atoms. The van der Waals surface area contributed by atoms with Gasteiger partial charge in [0.2, 0.25) is 0 Å². The Morgan fingerprint density at radius 1 is 0.339 bits per heavy atom. The SMILES string of the molecule is Cc1ccc2c(c1)c(N(c1ccc3c(c1)CCC3)c1ccc3c(c1)CCC3(C)C)cc1c3ccc(C)cc3c(N(c3ccc4c(c3)CCC4)c3ccc4c(c3)CCC4(C)C)cc21. The summed E-state index contributed by atoms with van der Waals surface area (Å²) in [5.74, 6) is 0. The maximum Gasteiger partial charge on any atom is 0.0546 e. The van der Waals surface area contributed by atoms with E-state index in [0.29, 0.717) is 0 Å². The number of anilines is 6. The molecule has 0 spiro atoms. The summed E-state index contributed by atoms with van der Waals surface area (Å²) >= 11 is 0. The minimum Gasteiger partial charge on any atom is -0.310 e. The van der Waals surface area contributed by atoms with Gasteiger partial charge in [0.25, 0.3) is 0 Å². The normalized spacial score (nSPS) is 16.8. The molecular weight excluding hydrogens is 749 g/mol. The van der Waals surface area contributed by atoms with Gasteiger partial charge >= 0.3 is 0 Å². The number of fused-ring (bicyclic) bond motifs is 9. The highest BCUT2D eigenvalue weighted by molar-refractivity contribution is 6.24. The van der Waals surface area contributed by atoms with Gasteiger partial charge in [-0.25, -0.2) is 0 Å². The van der Waals surface area contributed by atoms with Crippen LogP contribution in [0.3, 0.4) is 0 Å². The fourth-order valence-corrected chi connectivity index (χ4v) is 12.2. The lowest BCUT2D eigenvalue weighted by Crippen LogP contribution is -2.14. The van der Waals surface area contributed by atoms with Crippen LogP contribution in [0.25, 0.3) is 32.3 Å². The van der Waals surface area contributed by atoms with Crippen LogP contribution in [0.5, 0.6) is 0 Å². The molecule has 0 aromatic heterocycles. The average Bonchev–Trinajstić information content (AvgIpc) is 4.06. The highest BCUT2D eigenvalue weighted by atomic mass is 15.2. The van der Waals surface area contributed by atoms with Crippen LogP contribution >= 0.6 is 0 Å². The zero-order valence-electron chi connectivity index (χ0n) is 37.5. The van der Waals surface area contributed by atoms with Gasteiger partial charge < -0.3 is 9.80 Å². The fourth-order valence-electron chi connectivity index (χ4n) is 12.2. The Balaban J connectivity index is 1.14. The number of aryl methyl sites for hydroxylation is 8. The van der Waals surface area contributed by atoms with E-state index in [1.807, 2.05) is 0 Å². The van der Waals surface area contributed by atoms with Gasteiger partial charge in [-0.05, 0) is 228 Å². The van der Waals surface area contributed by atoms with Crippen molar-refractivity contribution in [1.29, 1.82) is 0 Å². The lowest BCUT2D eigenvalue weighted by Gasteiger charge is -2.31. The Morgan fingerprint density at radius 2 is 0.726 bits per heavy atom. The number of rotatable bonds is 6. The second kappa shape index (κ2) is 13.8. The maximum atomic E-state index is 2.60. The van der Waals surface area contributed by atoms with E-state index in [1.54, 1.807) is 0 Å². The van der Waals surface area contributed by atoms with Crippen molar-refractivity contribution in [2.75, 3.05) is 9.80 Å². The molecule has 0 aliphatic heterocycles. The van der Waals surface area contributed by atoms with Crippen molar-refractivity contribution in [3.63, 3.8) is 0 Å². The molecule has 8 aromatic carbocycles. The Kier molecular flexibility index (Phi) is 8.44. The molecule has 8 aromatic rings. The Bertz CT molecular complexity index is 2960. The lowest BCUT2D eigenvalue weighted by atomic mass is 9.86. The van der Waals surface area contributed by atoms with Crippen molar-refractivity contribution in [3.05, 3.63) is 177 Å². The van der Waals surface area contributed by atoms with Gasteiger partial charge in [-0.15, -0.1) is 0 Å². The molecule has 0 unspecified atom stereocenters. The molecule has 0 atom stereocenters. The minimum absolute atomic E-state index is 0.206. The van der Waals surface area contributed by atoms with Crippen molar-refractivity contribution < 1.29 is 0 Å². The van der Waals surface area contributed by atoms with Gasteiger partial charge in [-0.3, -0.25) is 0 Å². The van der Waals surface area contributed by atoms with Crippen molar-refractivity contribution in [3.8, 4) is 0 Å². The summed E-state index contributed by atoms with van der Waals surface area (Å²) in [4.78, 5) is 5.20. The molecule has 4 aliphatic rings. The van der Waals surface area contributed by atoms with E-state index in [0.717, 1.165) is 25.7 Å². The van der Waals surface area contributed by atoms with Crippen LogP contribution in [0, 0.1) is 13.8 Å². The third-order valence-corrected chi connectivity index (χ3v) is 15.7. The number of hydrogen-bond acceptors (Lipinski definition) is 2. The number of nitrogens with zero attached hydrogens (tertiary/aromatic N) is 2. The van der Waals surface area contributed by atoms with E-state index < -0.39 is 0 Å². The van der Waals surface area contributed by atoms with E-state index in [-0.39, 0.29) is 10.8 Å². The molecular formula is C60H58N2. The molecule has 0 bridgehead atoms. The van der Waals surface area contributed by atoms with Crippen LogP contribution in [0.4, 0.5) is 34.1 Å². The highest BCUT2D eigenvalue weighted by Gasteiger charge is 2.33. The quantitative estimate of drug-likeness (QED) is 0.154. The summed E-state index contributed by atoms with van der Waals surface area (Å²) in [6.07, 6.45) is 11.8. The van der Waals surface area contributed by atoms with Gasteiger partial charge in [0.05, 0.1) is 11.4 Å². The first-order valence-electron chi connectivity index (χ1n) is 23.5. The smallest absolute Gasteiger partial charge is 0.0546 e. The summed E-state index contributed by atoms with van der Waals surface area (Å²) in [6.45, 7) is 14.2. The summed E-state index contributed by atoms with van der Waals surface area (Å²) in [5, 5.41) is 7.77. The first kappa shape index (κ1) is 37.9. The molecule has 0 saturated heterocycles. The monoisotopic (exact) mass is 806 g/mol. The molecule has 0 fully saturated rings. The van der Waals surface area contributed by atoms with Gasteiger partial charge in [-0.1, -0.05) is 87.4 Å². The van der Waals surface area contributed by atoms with Crippen LogP contribution < -0.4 is 9.80 Å². The Labute approximate surface area is 368 Å². The van der Waals surface area contributed by atoms with Crippen LogP contribution in [0.15, 0.2) is 121 Å². The summed E-state index contributed by atoms with van der Waals surface area (Å²) < 4.78 is 0. The van der Waals surface area contributed by atoms with Crippen LogP contribution in [-0.2, 0) is 49.4 Å². The lowest BCUT2D eigenvalue weighted by molar-refractivity contribution is 0.522. The third-order valence-electron chi connectivity index (χ3n) is 15.7. The van der Waals surface area contributed by atoms with E-state index in [4.69, 9.17) is 0 Å². The third kappa shape index (κ3) is 5.96. The van der Waals surface area contributed by atoms with Crippen LogP contribution in [0.1, 0.15) is 109 Å². The maximum absolute atomic E-state index is 2.60. The molecule has 12 rings (SSSR count). The Morgan fingerprint density at radius 3 is 1.16 bits per heavy atom. The molecule has 0 saturated carbocycles. The van der Waals surface area contributed by atoms with E-state index >= 15 is 0 Å². The zero-order valence-corrected chi connectivity index (χ0v) is 37.5. The summed E-state index contributed by atoms with van der Waals surface area (Å²) in [6, 6.07) is 48.7. The first-order chi connectivity index (χ1) is 30.0. The zero-order chi connectivity index (χ0) is 42.1. The van der Waals surface area contributed by atoms with E-state index in [9.17, 15) is 0 Å². The van der Waals surface area contributed by atoms with Crippen molar-refractivity contribution in [1.82, 2.24) is 0 Å². The topological polar surface area (TPSA) is 6.48 Å². The molecule has 4 aliphatic carbocycles. The predicted octanol–water partition coefficient (Wildman–Crippen LogP) is 16.1. The largest absolute Gasteiger partial charge is 0.310 e.